The molecule has 8 heteroatoms. The minimum atomic E-state index is -0.0937. The molecule has 0 heterocycles. The van der Waals surface area contributed by atoms with Crippen molar-refractivity contribution in [2.45, 2.75) is 19.6 Å². The van der Waals surface area contributed by atoms with Crippen molar-refractivity contribution < 1.29 is 28.5 Å². The lowest BCUT2D eigenvalue weighted by atomic mass is 10.1. The molecule has 0 unspecified atom stereocenters. The van der Waals surface area contributed by atoms with Crippen LogP contribution in [0.25, 0.3) is 12.2 Å². The molecule has 0 bridgehead atoms. The van der Waals surface area contributed by atoms with E-state index in [4.69, 9.17) is 18.9 Å². The van der Waals surface area contributed by atoms with E-state index in [0.717, 1.165) is 42.7 Å². The normalized spacial score (nSPS) is 11.1. The van der Waals surface area contributed by atoms with Crippen LogP contribution in [0.1, 0.15) is 49.4 Å². The van der Waals surface area contributed by atoms with Gasteiger partial charge >= 0.3 is 0 Å². The van der Waals surface area contributed by atoms with Crippen LogP contribution >= 0.6 is 31.9 Å². The Kier molecular flexibility index (Phi) is 14.3. The highest BCUT2D eigenvalue weighted by atomic mass is 79.9. The first kappa shape index (κ1) is 39.0. The van der Waals surface area contributed by atoms with Crippen LogP contribution in [0, 0.1) is 0 Å². The zero-order chi connectivity index (χ0) is 38.2. The lowest BCUT2D eigenvalue weighted by molar-refractivity contribution is 0.103. The number of carbonyl (C=O) groups is 2. The number of ether oxygens (including phenoxy) is 4. The highest BCUT2D eigenvalue weighted by Gasteiger charge is 2.06. The number of hydrogen-bond donors (Lipinski definition) is 0. The van der Waals surface area contributed by atoms with Gasteiger partial charge in [-0.1, -0.05) is 92.5 Å². The molecule has 0 aliphatic heterocycles. The molecule has 0 saturated heterocycles. The van der Waals surface area contributed by atoms with E-state index in [1.54, 1.807) is 72.8 Å². The van der Waals surface area contributed by atoms with Gasteiger partial charge in [0.15, 0.2) is 11.6 Å². The fourth-order valence-corrected chi connectivity index (χ4v) is 5.78. The molecule has 0 N–H and O–H groups in total. The molecule has 0 aliphatic rings. The first-order chi connectivity index (χ1) is 26.9. The predicted octanol–water partition coefficient (Wildman–Crippen LogP) is 12.0. The monoisotopic (exact) mass is 856 g/mol. The molecule has 6 nitrogen and oxygen atoms in total. The Bertz CT molecular complexity index is 2030. The molecule has 55 heavy (non-hydrogen) atoms. The molecular formula is C47H38Br2O6. The van der Waals surface area contributed by atoms with Gasteiger partial charge in [0.2, 0.25) is 0 Å². The quantitative estimate of drug-likeness (QED) is 0.0487. The lowest BCUT2D eigenvalue weighted by Gasteiger charge is -2.09. The van der Waals surface area contributed by atoms with Crippen LogP contribution in [-0.2, 0) is 13.2 Å². The van der Waals surface area contributed by atoms with Crippen LogP contribution in [0.15, 0.2) is 167 Å². The van der Waals surface area contributed by atoms with Crippen molar-refractivity contribution in [3.05, 3.63) is 200 Å². The Morgan fingerprint density at radius 1 is 0.418 bits per heavy atom. The molecule has 0 spiro atoms. The summed E-state index contributed by atoms with van der Waals surface area (Å²) in [4.78, 5) is 25.5. The zero-order valence-corrected chi connectivity index (χ0v) is 33.1. The van der Waals surface area contributed by atoms with Crippen molar-refractivity contribution in [2.75, 3.05) is 13.2 Å². The number of hydrogen-bond acceptors (Lipinski definition) is 6. The molecule has 0 saturated carbocycles. The largest absolute Gasteiger partial charge is 0.493 e. The summed E-state index contributed by atoms with van der Waals surface area (Å²) in [6.07, 6.45) is 7.37. The van der Waals surface area contributed by atoms with Crippen molar-refractivity contribution in [2.24, 2.45) is 0 Å². The number of ketones is 2. The molecule has 6 rings (SSSR count). The van der Waals surface area contributed by atoms with Crippen molar-refractivity contribution in [3.8, 4) is 23.0 Å². The fraction of sp³-hybridized carbons (Fsp3) is 0.106. The maximum absolute atomic E-state index is 12.7. The Labute approximate surface area is 338 Å². The molecule has 6 aromatic rings. The average Bonchev–Trinajstić information content (AvgIpc) is 3.22. The molecule has 0 aromatic heterocycles. The smallest absolute Gasteiger partial charge is 0.185 e. The van der Waals surface area contributed by atoms with Gasteiger partial charge in [-0.15, -0.1) is 0 Å². The SMILES string of the molecule is O=C(/C=C/c1ccc(OCc2ccc(Br)cc2)cc1)c1ccc(OCCCOc2ccc(C(=O)/C=C/c3ccc(OCc4ccc(Br)cc4)cc3)cc2)cc1. The number of carbonyl (C=O) groups excluding carboxylic acids is 2. The maximum Gasteiger partial charge on any atom is 0.185 e. The molecule has 0 radical (unpaired) electrons. The maximum atomic E-state index is 12.7. The van der Waals surface area contributed by atoms with E-state index in [1.165, 1.54) is 0 Å². The van der Waals surface area contributed by atoms with Gasteiger partial charge in [-0.05, 0) is 131 Å². The predicted molar refractivity (Wildman–Crippen MR) is 225 cm³/mol. The number of halogens is 2. The third-order valence-corrected chi connectivity index (χ3v) is 9.41. The van der Waals surface area contributed by atoms with Crippen molar-refractivity contribution in [1.29, 1.82) is 0 Å². The van der Waals surface area contributed by atoms with Gasteiger partial charge in [0.05, 0.1) is 13.2 Å². The van der Waals surface area contributed by atoms with Gasteiger partial charge in [-0.25, -0.2) is 0 Å². The van der Waals surface area contributed by atoms with E-state index in [-0.39, 0.29) is 11.6 Å². The van der Waals surface area contributed by atoms with Crippen molar-refractivity contribution >= 4 is 55.6 Å². The summed E-state index contributed by atoms with van der Waals surface area (Å²) in [7, 11) is 0. The van der Waals surface area contributed by atoms with Gasteiger partial charge in [0.1, 0.15) is 36.2 Å². The van der Waals surface area contributed by atoms with E-state index in [0.29, 0.717) is 55.5 Å². The molecule has 0 amide bonds. The van der Waals surface area contributed by atoms with Crippen molar-refractivity contribution in [1.82, 2.24) is 0 Å². The van der Waals surface area contributed by atoms with E-state index in [9.17, 15) is 9.59 Å². The standard InChI is InChI=1S/C47H38Br2O6/c48-40-16-2-36(3-17-40)32-54-44-20-6-34(7-21-44)10-28-46(50)38-12-24-42(25-13-38)52-30-1-31-53-43-26-14-39(15-27-43)47(51)29-11-35-8-22-45(23-9-35)55-33-37-4-18-41(49)19-5-37/h2-29H,1,30-33H2/b28-10+,29-11+. The Morgan fingerprint density at radius 3 is 1.11 bits per heavy atom. The van der Waals surface area contributed by atoms with E-state index >= 15 is 0 Å². The number of allylic oxidation sites excluding steroid dienone is 2. The van der Waals surface area contributed by atoms with Gasteiger partial charge in [-0.3, -0.25) is 9.59 Å². The van der Waals surface area contributed by atoms with Crippen molar-refractivity contribution in [3.63, 3.8) is 0 Å². The highest BCUT2D eigenvalue weighted by molar-refractivity contribution is 9.10. The Hall–Kier alpha value is -5.70. The molecule has 6 aromatic carbocycles. The molecular weight excluding hydrogens is 820 g/mol. The lowest BCUT2D eigenvalue weighted by Crippen LogP contribution is -2.05. The number of benzene rings is 6. The van der Waals surface area contributed by atoms with Crippen LogP contribution in [0.3, 0.4) is 0 Å². The summed E-state index contributed by atoms with van der Waals surface area (Å²) in [5.41, 5.74) is 5.13. The molecule has 276 valence electrons. The molecule has 0 fully saturated rings. The van der Waals surface area contributed by atoms with Crippen LogP contribution in [0.5, 0.6) is 23.0 Å². The fourth-order valence-electron chi connectivity index (χ4n) is 5.25. The second-order valence-corrected chi connectivity index (χ2v) is 14.3. The van der Waals surface area contributed by atoms with Crippen LogP contribution in [0.4, 0.5) is 0 Å². The van der Waals surface area contributed by atoms with Crippen LogP contribution < -0.4 is 18.9 Å². The van der Waals surface area contributed by atoms with E-state index in [1.807, 2.05) is 97.1 Å². The molecule has 0 aliphatic carbocycles. The summed E-state index contributed by atoms with van der Waals surface area (Å²) < 4.78 is 25.5. The van der Waals surface area contributed by atoms with Crippen LogP contribution in [0.2, 0.25) is 0 Å². The topological polar surface area (TPSA) is 71.1 Å². The summed E-state index contributed by atoms with van der Waals surface area (Å²) in [5.74, 6) is 2.69. The summed E-state index contributed by atoms with van der Waals surface area (Å²) in [5, 5.41) is 0. The Balaban J connectivity index is 0.860. The van der Waals surface area contributed by atoms with Gasteiger partial charge in [-0.2, -0.15) is 0 Å². The summed E-state index contributed by atoms with van der Waals surface area (Å²) >= 11 is 6.88. The third-order valence-electron chi connectivity index (χ3n) is 8.36. The summed E-state index contributed by atoms with van der Waals surface area (Å²) in [6.45, 7) is 1.87. The van der Waals surface area contributed by atoms with Gasteiger partial charge < -0.3 is 18.9 Å². The summed E-state index contributed by atoms with van der Waals surface area (Å²) in [6, 6.07) is 45.5. The second kappa shape index (κ2) is 20.1. The first-order valence-electron chi connectivity index (χ1n) is 17.7. The average molecular weight is 859 g/mol. The minimum absolute atomic E-state index is 0.0937. The zero-order valence-electron chi connectivity index (χ0n) is 29.9. The Morgan fingerprint density at radius 2 is 0.745 bits per heavy atom. The van der Waals surface area contributed by atoms with E-state index < -0.39 is 0 Å². The van der Waals surface area contributed by atoms with E-state index in [2.05, 4.69) is 31.9 Å². The van der Waals surface area contributed by atoms with Gasteiger partial charge in [0, 0.05) is 26.5 Å². The van der Waals surface area contributed by atoms with Gasteiger partial charge in [0.25, 0.3) is 0 Å². The number of rotatable bonds is 18. The molecule has 0 atom stereocenters. The van der Waals surface area contributed by atoms with Crippen LogP contribution in [-0.4, -0.2) is 24.8 Å². The highest BCUT2D eigenvalue weighted by Crippen LogP contribution is 2.20. The second-order valence-electron chi connectivity index (χ2n) is 12.5. The first-order valence-corrected chi connectivity index (χ1v) is 19.3. The third kappa shape index (κ3) is 12.7. The minimum Gasteiger partial charge on any atom is -0.493 e.